The molecule has 3 rings (SSSR count). The second-order valence-corrected chi connectivity index (χ2v) is 8.80. The predicted molar refractivity (Wildman–Crippen MR) is 117 cm³/mol. The summed E-state index contributed by atoms with van der Waals surface area (Å²) >= 11 is 0. The largest absolute Gasteiger partial charge is 0.480 e. The third-order valence-corrected chi connectivity index (χ3v) is 6.36. The van der Waals surface area contributed by atoms with Gasteiger partial charge in [-0.05, 0) is 43.0 Å². The molecule has 2 aromatic rings. The molecule has 0 saturated carbocycles. The number of carbonyl (C=O) groups excluding carboxylic acids is 2. The van der Waals surface area contributed by atoms with Crippen molar-refractivity contribution in [2.45, 2.75) is 43.9 Å². The molecule has 2 amide bonds. The van der Waals surface area contributed by atoms with Gasteiger partial charge in [-0.25, -0.2) is 9.59 Å². The molecule has 0 radical (unpaired) electrons. The van der Waals surface area contributed by atoms with Crippen molar-refractivity contribution in [3.63, 3.8) is 0 Å². The van der Waals surface area contributed by atoms with Crippen LogP contribution < -0.4 is 5.32 Å². The van der Waals surface area contributed by atoms with E-state index < -0.39 is 35.2 Å². The van der Waals surface area contributed by atoms with E-state index in [-0.39, 0.29) is 12.5 Å². The number of carboxylic acids is 1. The van der Waals surface area contributed by atoms with Gasteiger partial charge in [-0.15, -0.1) is 0 Å². The smallest absolute Gasteiger partial charge is 0.420 e. The van der Waals surface area contributed by atoms with Crippen LogP contribution in [0, 0.1) is 0 Å². The molecule has 1 atom stereocenters. The Morgan fingerprint density at radius 1 is 0.971 bits per heavy atom. The number of carbonyl (C=O) groups is 3. The zero-order chi connectivity index (χ0) is 25.5. The maximum absolute atomic E-state index is 13.9. The summed E-state index contributed by atoms with van der Waals surface area (Å²) in [4.78, 5) is 37.1. The Hall–Kier alpha value is -3.56. The van der Waals surface area contributed by atoms with Crippen molar-refractivity contribution in [2.24, 2.45) is 0 Å². The Morgan fingerprint density at radius 2 is 1.44 bits per heavy atom. The van der Waals surface area contributed by atoms with Crippen molar-refractivity contribution in [2.75, 3.05) is 13.7 Å². The van der Waals surface area contributed by atoms with Gasteiger partial charge >= 0.3 is 18.2 Å². The third kappa shape index (κ3) is 4.20. The number of amides is 2. The minimum Gasteiger partial charge on any atom is -0.480 e. The van der Waals surface area contributed by atoms with Crippen LogP contribution in [0.15, 0.2) is 48.5 Å². The lowest BCUT2D eigenvalue weighted by atomic mass is 9.95. The number of aliphatic carboxylic acids is 1. The molecule has 1 aliphatic rings. The number of ether oxygens (including phenoxy) is 1. The highest BCUT2D eigenvalue weighted by molar-refractivity contribution is 5.94. The Morgan fingerprint density at radius 3 is 1.88 bits per heavy atom. The van der Waals surface area contributed by atoms with Gasteiger partial charge < -0.3 is 14.7 Å². The second-order valence-electron chi connectivity index (χ2n) is 8.80. The first-order valence-electron chi connectivity index (χ1n) is 10.4. The van der Waals surface area contributed by atoms with Crippen molar-refractivity contribution in [3.8, 4) is 11.1 Å². The summed E-state index contributed by atoms with van der Waals surface area (Å²) in [6.07, 6.45) is -6.67. The summed E-state index contributed by atoms with van der Waals surface area (Å²) in [5.41, 5.74) is -1.73. The molecule has 34 heavy (non-hydrogen) atoms. The maximum Gasteiger partial charge on any atom is 0.420 e. The van der Waals surface area contributed by atoms with E-state index in [2.05, 4.69) is 0 Å². The molecule has 7 nitrogen and oxygen atoms in total. The van der Waals surface area contributed by atoms with Gasteiger partial charge in [0.05, 0.1) is 0 Å². The van der Waals surface area contributed by atoms with E-state index in [4.69, 9.17) is 4.74 Å². The van der Waals surface area contributed by atoms with E-state index in [0.717, 1.165) is 43.1 Å². The van der Waals surface area contributed by atoms with Gasteiger partial charge in [-0.2, -0.15) is 13.2 Å². The van der Waals surface area contributed by atoms with Crippen molar-refractivity contribution in [1.29, 1.82) is 0 Å². The van der Waals surface area contributed by atoms with Crippen LogP contribution in [0.4, 0.5) is 18.0 Å². The first kappa shape index (κ1) is 25.1. The monoisotopic (exact) mass is 478 g/mol. The number of nitrogens with zero attached hydrogens (tertiary/aromatic N) is 1. The zero-order valence-corrected chi connectivity index (χ0v) is 19.1. The number of likely N-dealkylation sites (N-methyl/N-ethyl adjacent to an activating group) is 1. The lowest BCUT2D eigenvalue weighted by molar-refractivity contribution is -0.203. The van der Waals surface area contributed by atoms with E-state index in [0.29, 0.717) is 11.8 Å². The number of hydrogen-bond donors (Lipinski definition) is 2. The first-order chi connectivity index (χ1) is 15.7. The summed E-state index contributed by atoms with van der Waals surface area (Å²) in [7, 11) is 0.930. The molecule has 2 aromatic carbocycles. The number of alkyl halides is 3. The summed E-state index contributed by atoms with van der Waals surface area (Å²) in [6.45, 7) is 2.39. The number of rotatable bonds is 6. The first-order valence-corrected chi connectivity index (χ1v) is 10.4. The number of fused-ring (bicyclic) bond motifs is 3. The van der Waals surface area contributed by atoms with Crippen LogP contribution in [0.1, 0.15) is 37.8 Å². The Bertz CT molecular complexity index is 1090. The number of hydrogen-bond acceptors (Lipinski definition) is 4. The minimum absolute atomic E-state index is 0.252. The van der Waals surface area contributed by atoms with E-state index in [1.165, 1.54) is 0 Å². The molecule has 0 fully saturated rings. The quantitative estimate of drug-likeness (QED) is 0.650. The van der Waals surface area contributed by atoms with Gasteiger partial charge in [-0.1, -0.05) is 48.5 Å². The van der Waals surface area contributed by atoms with Crippen molar-refractivity contribution < 1.29 is 37.4 Å². The van der Waals surface area contributed by atoms with Gasteiger partial charge in [0.1, 0.15) is 12.1 Å². The number of benzene rings is 2. The molecule has 1 aliphatic carbocycles. The van der Waals surface area contributed by atoms with Crippen molar-refractivity contribution in [1.82, 2.24) is 10.2 Å². The SMILES string of the molecule is CN(C(=O)C(C)(NC(=O)OCC1c2ccccc2-c2ccccc21)C(F)(F)F)C(C)(C)C(=O)O. The normalized spacial score (nSPS) is 15.0. The van der Waals surface area contributed by atoms with Gasteiger partial charge in [0.2, 0.25) is 5.54 Å². The van der Waals surface area contributed by atoms with Crippen LogP contribution in [-0.4, -0.2) is 58.9 Å². The van der Waals surface area contributed by atoms with E-state index >= 15 is 0 Å². The van der Waals surface area contributed by atoms with Crippen LogP contribution >= 0.6 is 0 Å². The standard InChI is InChI=1S/C24H25F3N2O5/c1-22(2,20(31)32)29(4)19(30)23(3,24(25,26)27)28-21(33)34-13-18-16-11-7-5-9-14(16)15-10-6-8-12-17(15)18/h5-12,18H,13H2,1-4H3,(H,28,33)(H,31,32). The fourth-order valence-corrected chi connectivity index (χ4v) is 3.82. The molecular formula is C24H25F3N2O5. The Kier molecular flexibility index (Phi) is 6.38. The van der Waals surface area contributed by atoms with E-state index in [1.54, 1.807) is 5.32 Å². The van der Waals surface area contributed by atoms with E-state index in [1.807, 2.05) is 48.5 Å². The molecule has 1 unspecified atom stereocenters. The fraction of sp³-hybridized carbons (Fsp3) is 0.375. The van der Waals surface area contributed by atoms with Crippen LogP contribution in [0.2, 0.25) is 0 Å². The molecule has 0 bridgehead atoms. The van der Waals surface area contributed by atoms with Gasteiger partial charge in [0, 0.05) is 13.0 Å². The Labute approximate surface area is 194 Å². The molecule has 0 heterocycles. The molecular weight excluding hydrogens is 453 g/mol. The summed E-state index contributed by atoms with van der Waals surface area (Å²) < 4.78 is 47.0. The summed E-state index contributed by atoms with van der Waals surface area (Å²) in [6, 6.07) is 14.9. The van der Waals surface area contributed by atoms with Gasteiger partial charge in [0.25, 0.3) is 5.91 Å². The number of halogens is 3. The summed E-state index contributed by atoms with van der Waals surface area (Å²) in [5, 5.41) is 10.9. The lowest BCUT2D eigenvalue weighted by Gasteiger charge is -2.39. The average molecular weight is 478 g/mol. The van der Waals surface area contributed by atoms with Crippen LogP contribution in [0.3, 0.4) is 0 Å². The molecule has 0 aliphatic heterocycles. The summed E-state index contributed by atoms with van der Waals surface area (Å²) in [5.74, 6) is -3.53. The number of nitrogens with one attached hydrogen (secondary N) is 1. The minimum atomic E-state index is -5.22. The highest BCUT2D eigenvalue weighted by Gasteiger charge is 2.61. The maximum atomic E-state index is 13.9. The highest BCUT2D eigenvalue weighted by Crippen LogP contribution is 2.44. The van der Waals surface area contributed by atoms with Crippen LogP contribution in [0.25, 0.3) is 11.1 Å². The molecule has 0 saturated heterocycles. The predicted octanol–water partition coefficient (Wildman–Crippen LogP) is 4.17. The van der Waals surface area contributed by atoms with Crippen LogP contribution in [0.5, 0.6) is 0 Å². The third-order valence-electron chi connectivity index (χ3n) is 6.36. The molecule has 0 aromatic heterocycles. The van der Waals surface area contributed by atoms with Crippen LogP contribution in [-0.2, 0) is 14.3 Å². The number of alkyl carbamates (subject to hydrolysis) is 1. The molecule has 2 N–H and O–H groups in total. The average Bonchev–Trinajstić information content (AvgIpc) is 3.09. The Balaban J connectivity index is 1.81. The highest BCUT2D eigenvalue weighted by atomic mass is 19.4. The topological polar surface area (TPSA) is 95.9 Å². The zero-order valence-electron chi connectivity index (χ0n) is 19.1. The van der Waals surface area contributed by atoms with Crippen molar-refractivity contribution >= 4 is 18.0 Å². The second kappa shape index (κ2) is 8.66. The number of carboxylic acid groups (broad SMARTS) is 1. The molecule has 0 spiro atoms. The van der Waals surface area contributed by atoms with Gasteiger partial charge in [-0.3, -0.25) is 10.1 Å². The van der Waals surface area contributed by atoms with Crippen molar-refractivity contribution in [3.05, 3.63) is 59.7 Å². The lowest BCUT2D eigenvalue weighted by Crippen LogP contribution is -2.68. The molecule has 182 valence electrons. The molecule has 10 heteroatoms. The van der Waals surface area contributed by atoms with E-state index in [9.17, 15) is 32.7 Å². The van der Waals surface area contributed by atoms with Gasteiger partial charge in [0.15, 0.2) is 0 Å². The fourth-order valence-electron chi connectivity index (χ4n) is 3.82.